The van der Waals surface area contributed by atoms with Crippen molar-refractivity contribution in [2.45, 2.75) is 90.8 Å². The van der Waals surface area contributed by atoms with Gasteiger partial charge >= 0.3 is 0 Å². The third kappa shape index (κ3) is 8.85. The number of ether oxygens (including phenoxy) is 2. The van der Waals surface area contributed by atoms with E-state index in [-0.39, 0.29) is 24.3 Å². The molecule has 1 atom stereocenters. The molecule has 42 heavy (non-hydrogen) atoms. The Bertz CT molecular complexity index is 1290. The van der Waals surface area contributed by atoms with Crippen molar-refractivity contribution in [2.24, 2.45) is 0 Å². The van der Waals surface area contributed by atoms with Gasteiger partial charge in [-0.1, -0.05) is 79.9 Å². The SMILES string of the molecule is CCOc1ccc(CCC(=O)N(Cc2ccccc2C)C(Cc2ccccc2)C(=O)NC2CCCCC2)cc1OCC. The molecule has 224 valence electrons. The molecule has 1 unspecified atom stereocenters. The second-order valence-corrected chi connectivity index (χ2v) is 11.1. The molecule has 1 saturated carbocycles. The fourth-order valence-electron chi connectivity index (χ4n) is 5.72. The van der Waals surface area contributed by atoms with Gasteiger partial charge in [0.1, 0.15) is 6.04 Å². The number of nitrogens with one attached hydrogen (secondary N) is 1. The molecule has 1 fully saturated rings. The van der Waals surface area contributed by atoms with E-state index < -0.39 is 6.04 Å². The molecule has 4 rings (SSSR count). The zero-order valence-corrected chi connectivity index (χ0v) is 25.4. The first-order valence-electron chi connectivity index (χ1n) is 15.5. The highest BCUT2D eigenvalue weighted by Crippen LogP contribution is 2.29. The minimum Gasteiger partial charge on any atom is -0.490 e. The number of hydrogen-bond donors (Lipinski definition) is 1. The Kier molecular flexibility index (Phi) is 11.9. The normalized spacial score (nSPS) is 14.2. The van der Waals surface area contributed by atoms with Gasteiger partial charge in [-0.25, -0.2) is 0 Å². The maximum absolute atomic E-state index is 14.1. The van der Waals surface area contributed by atoms with E-state index in [9.17, 15) is 9.59 Å². The van der Waals surface area contributed by atoms with E-state index in [4.69, 9.17) is 9.47 Å². The van der Waals surface area contributed by atoms with E-state index in [1.807, 2.05) is 79.4 Å². The number of benzene rings is 3. The van der Waals surface area contributed by atoms with E-state index in [1.54, 1.807) is 0 Å². The smallest absolute Gasteiger partial charge is 0.243 e. The molecule has 3 aromatic carbocycles. The van der Waals surface area contributed by atoms with Crippen molar-refractivity contribution in [3.63, 3.8) is 0 Å². The van der Waals surface area contributed by atoms with Crippen molar-refractivity contribution in [1.82, 2.24) is 10.2 Å². The molecule has 0 heterocycles. The molecule has 1 N–H and O–H groups in total. The van der Waals surface area contributed by atoms with Gasteiger partial charge in [-0.3, -0.25) is 9.59 Å². The molecule has 6 nitrogen and oxygen atoms in total. The van der Waals surface area contributed by atoms with Crippen LogP contribution in [0.4, 0.5) is 0 Å². The van der Waals surface area contributed by atoms with Crippen LogP contribution < -0.4 is 14.8 Å². The summed E-state index contributed by atoms with van der Waals surface area (Å²) in [6.07, 6.45) is 6.76. The third-order valence-corrected chi connectivity index (χ3v) is 8.06. The monoisotopic (exact) mass is 570 g/mol. The topological polar surface area (TPSA) is 67.9 Å². The van der Waals surface area contributed by atoms with Crippen LogP contribution >= 0.6 is 0 Å². The average molecular weight is 571 g/mol. The molecule has 0 saturated heterocycles. The molecule has 0 aliphatic heterocycles. The Morgan fingerprint density at radius 2 is 1.55 bits per heavy atom. The van der Waals surface area contributed by atoms with Gasteiger partial charge in [0, 0.05) is 25.4 Å². The summed E-state index contributed by atoms with van der Waals surface area (Å²) in [5.41, 5.74) is 4.19. The largest absolute Gasteiger partial charge is 0.490 e. The van der Waals surface area contributed by atoms with Crippen molar-refractivity contribution < 1.29 is 19.1 Å². The Hall–Kier alpha value is -3.80. The fraction of sp³-hybridized carbons (Fsp3) is 0.444. The van der Waals surface area contributed by atoms with Crippen LogP contribution in [0.2, 0.25) is 0 Å². The van der Waals surface area contributed by atoms with Gasteiger partial charge in [-0.05, 0) is 74.4 Å². The molecule has 1 aliphatic carbocycles. The van der Waals surface area contributed by atoms with Crippen molar-refractivity contribution in [3.05, 3.63) is 95.1 Å². The number of rotatable bonds is 14. The molecule has 0 aromatic heterocycles. The number of amides is 2. The van der Waals surface area contributed by atoms with Crippen LogP contribution in [0.3, 0.4) is 0 Å². The Balaban J connectivity index is 1.61. The summed E-state index contributed by atoms with van der Waals surface area (Å²) in [5, 5.41) is 3.33. The first kappa shape index (κ1) is 31.1. The van der Waals surface area contributed by atoms with Crippen molar-refractivity contribution in [2.75, 3.05) is 13.2 Å². The van der Waals surface area contributed by atoms with Crippen LogP contribution in [0.5, 0.6) is 11.5 Å². The summed E-state index contributed by atoms with van der Waals surface area (Å²) in [7, 11) is 0. The predicted octanol–water partition coefficient (Wildman–Crippen LogP) is 6.81. The lowest BCUT2D eigenvalue weighted by atomic mass is 9.94. The summed E-state index contributed by atoms with van der Waals surface area (Å²) >= 11 is 0. The van der Waals surface area contributed by atoms with Gasteiger partial charge < -0.3 is 19.7 Å². The average Bonchev–Trinajstić information content (AvgIpc) is 3.01. The van der Waals surface area contributed by atoms with E-state index in [0.29, 0.717) is 44.1 Å². The summed E-state index contributed by atoms with van der Waals surface area (Å²) in [5.74, 6) is 1.30. The van der Waals surface area contributed by atoms with Gasteiger partial charge in [0.05, 0.1) is 13.2 Å². The summed E-state index contributed by atoms with van der Waals surface area (Å²) in [6, 6.07) is 23.5. The van der Waals surface area contributed by atoms with E-state index in [2.05, 4.69) is 24.4 Å². The highest BCUT2D eigenvalue weighted by Gasteiger charge is 2.32. The molecule has 3 aromatic rings. The molecular weight excluding hydrogens is 524 g/mol. The zero-order valence-electron chi connectivity index (χ0n) is 25.4. The van der Waals surface area contributed by atoms with Crippen LogP contribution in [0.15, 0.2) is 72.8 Å². The van der Waals surface area contributed by atoms with E-state index in [0.717, 1.165) is 47.9 Å². The van der Waals surface area contributed by atoms with Crippen molar-refractivity contribution in [3.8, 4) is 11.5 Å². The van der Waals surface area contributed by atoms with Crippen molar-refractivity contribution >= 4 is 11.8 Å². The van der Waals surface area contributed by atoms with E-state index in [1.165, 1.54) is 6.42 Å². The number of aryl methyl sites for hydroxylation is 2. The Morgan fingerprint density at radius 1 is 0.857 bits per heavy atom. The minimum atomic E-state index is -0.610. The first-order chi connectivity index (χ1) is 20.5. The van der Waals surface area contributed by atoms with Crippen molar-refractivity contribution in [1.29, 1.82) is 0 Å². The van der Waals surface area contributed by atoms with Gasteiger partial charge in [0.25, 0.3) is 0 Å². The molecule has 6 heteroatoms. The summed E-state index contributed by atoms with van der Waals surface area (Å²) in [4.78, 5) is 29.9. The summed E-state index contributed by atoms with van der Waals surface area (Å²) < 4.78 is 11.5. The lowest BCUT2D eigenvalue weighted by Gasteiger charge is -2.34. The molecule has 1 aliphatic rings. The molecule has 0 bridgehead atoms. The third-order valence-electron chi connectivity index (χ3n) is 8.06. The lowest BCUT2D eigenvalue weighted by molar-refractivity contribution is -0.141. The molecular formula is C36H46N2O4. The number of hydrogen-bond acceptors (Lipinski definition) is 4. The predicted molar refractivity (Wildman–Crippen MR) is 168 cm³/mol. The van der Waals surface area contributed by atoms with Gasteiger partial charge in [-0.15, -0.1) is 0 Å². The molecule has 2 amide bonds. The minimum absolute atomic E-state index is 0.0372. The fourth-order valence-corrected chi connectivity index (χ4v) is 5.72. The van der Waals surface area contributed by atoms with Crippen LogP contribution in [0.1, 0.15) is 74.6 Å². The molecule has 0 spiro atoms. The highest BCUT2D eigenvalue weighted by atomic mass is 16.5. The van der Waals surface area contributed by atoms with Crippen LogP contribution in [0.25, 0.3) is 0 Å². The Morgan fingerprint density at radius 3 is 2.26 bits per heavy atom. The van der Waals surface area contributed by atoms with Crippen LogP contribution in [-0.4, -0.2) is 42.0 Å². The number of nitrogens with zero attached hydrogens (tertiary/aromatic N) is 1. The quantitative estimate of drug-likeness (QED) is 0.231. The second-order valence-electron chi connectivity index (χ2n) is 11.1. The maximum Gasteiger partial charge on any atom is 0.243 e. The maximum atomic E-state index is 14.1. The summed E-state index contributed by atoms with van der Waals surface area (Å²) in [6.45, 7) is 7.42. The number of carbonyl (C=O) groups excluding carboxylic acids is 2. The van der Waals surface area contributed by atoms with Gasteiger partial charge in [0.15, 0.2) is 11.5 Å². The van der Waals surface area contributed by atoms with E-state index >= 15 is 0 Å². The standard InChI is InChI=1S/C36H46N2O4/c1-4-41-33-22-20-29(25-34(33)42-5-2)21-23-35(39)38(26-30-17-13-12-14-27(30)3)32(24-28-15-8-6-9-16-28)36(40)37-31-18-10-7-11-19-31/h6,8-9,12-17,20,22,25,31-32H,4-5,7,10-11,18-19,21,23-24,26H2,1-3H3,(H,37,40). The number of carbonyl (C=O) groups is 2. The van der Waals surface area contributed by atoms with Gasteiger partial charge in [0.2, 0.25) is 11.8 Å². The first-order valence-corrected chi connectivity index (χ1v) is 15.5. The highest BCUT2D eigenvalue weighted by molar-refractivity contribution is 5.88. The molecule has 0 radical (unpaired) electrons. The van der Waals surface area contributed by atoms with Crippen LogP contribution in [0, 0.1) is 6.92 Å². The lowest BCUT2D eigenvalue weighted by Crippen LogP contribution is -2.53. The van der Waals surface area contributed by atoms with Gasteiger partial charge in [-0.2, -0.15) is 0 Å². The van der Waals surface area contributed by atoms with Crippen LogP contribution in [-0.2, 0) is 29.0 Å². The Labute approximate surface area is 251 Å². The zero-order chi connectivity index (χ0) is 29.7. The second kappa shape index (κ2) is 16.0.